The van der Waals surface area contributed by atoms with Crippen molar-refractivity contribution in [3.63, 3.8) is 0 Å². The number of nitrogens with zero attached hydrogens (tertiary/aromatic N) is 7. The fourth-order valence-electron chi connectivity index (χ4n) is 5.02. The van der Waals surface area contributed by atoms with Crippen molar-refractivity contribution in [3.8, 4) is 28.5 Å². The van der Waals surface area contributed by atoms with Crippen LogP contribution in [0.1, 0.15) is 20.7 Å². The van der Waals surface area contributed by atoms with Crippen molar-refractivity contribution in [2.45, 2.75) is 12.7 Å². The minimum atomic E-state index is -3.11. The molecule has 1 saturated heterocycles. The minimum Gasteiger partial charge on any atom is -0.457 e. The average Bonchev–Trinajstić information content (AvgIpc) is 3.58. The first-order chi connectivity index (χ1) is 21.2. The van der Waals surface area contributed by atoms with Gasteiger partial charge in [-0.1, -0.05) is 6.07 Å². The molecule has 1 N–H and O–H groups in total. The quantitative estimate of drug-likeness (QED) is 0.267. The molecule has 44 heavy (non-hydrogen) atoms. The summed E-state index contributed by atoms with van der Waals surface area (Å²) in [5.74, 6) is -0.175. The number of carbonyl (C=O) groups is 2. The third-order valence-electron chi connectivity index (χ3n) is 7.25. The topological polar surface area (TPSA) is 119 Å². The molecule has 0 aliphatic carbocycles. The number of hydrogen-bond donors (Lipinski definition) is 1. The van der Waals surface area contributed by atoms with E-state index in [1.54, 1.807) is 61.7 Å². The molecule has 0 spiro atoms. The number of likely N-dealkylation sites (tertiary alicyclic amines) is 1. The van der Waals surface area contributed by atoms with Gasteiger partial charge in [-0.2, -0.15) is 19.0 Å². The molecule has 6 rings (SSSR count). The zero-order valence-corrected chi connectivity index (χ0v) is 24.0. The van der Waals surface area contributed by atoms with E-state index >= 15 is 0 Å². The largest absolute Gasteiger partial charge is 0.457 e. The molecule has 0 bridgehead atoms. The maximum Gasteiger partial charge on any atom is 0.387 e. The number of aromatic nitrogens is 5. The van der Waals surface area contributed by atoms with E-state index in [0.29, 0.717) is 17.0 Å². The van der Waals surface area contributed by atoms with Gasteiger partial charge in [0.2, 0.25) is 0 Å². The summed E-state index contributed by atoms with van der Waals surface area (Å²) in [7, 11) is 5.40. The summed E-state index contributed by atoms with van der Waals surface area (Å²) in [6, 6.07) is 12.8. The Hall–Kier alpha value is -5.37. The van der Waals surface area contributed by atoms with E-state index in [1.807, 2.05) is 7.05 Å². The number of nitrogens with one attached hydrogen (secondary N) is 1. The highest BCUT2D eigenvalue weighted by Gasteiger charge is 2.30. The van der Waals surface area contributed by atoms with Gasteiger partial charge in [0.15, 0.2) is 5.65 Å². The highest BCUT2D eigenvalue weighted by Crippen LogP contribution is 2.39. The molecule has 0 saturated carbocycles. The van der Waals surface area contributed by atoms with Crippen LogP contribution < -0.4 is 14.8 Å². The number of amides is 2. The molecule has 12 nitrogen and oxygen atoms in total. The molecule has 3 aromatic heterocycles. The number of likely N-dealkylation sites (N-methyl/N-ethyl adjacent to an activating group) is 2. The Balaban J connectivity index is 1.29. The van der Waals surface area contributed by atoms with Gasteiger partial charge in [-0.3, -0.25) is 14.3 Å². The van der Waals surface area contributed by atoms with Gasteiger partial charge >= 0.3 is 6.61 Å². The Kier molecular flexibility index (Phi) is 7.66. The van der Waals surface area contributed by atoms with Crippen LogP contribution in [0, 0.1) is 0 Å². The van der Waals surface area contributed by atoms with Crippen molar-refractivity contribution < 1.29 is 27.8 Å². The SMILES string of the molecule is CN1CC(N(C)C(=O)c2cccc(Oc3ccc(OC(F)F)c(-c4nn(C)cc4NC(=O)c4cnn5cccnc45)c3)c2)C1. The lowest BCUT2D eigenvalue weighted by Crippen LogP contribution is -2.57. The Labute approximate surface area is 250 Å². The van der Waals surface area contributed by atoms with Crippen molar-refractivity contribution in [2.75, 3.05) is 32.5 Å². The lowest BCUT2D eigenvalue weighted by molar-refractivity contribution is -0.0494. The maximum atomic E-state index is 13.4. The molecule has 1 aliphatic heterocycles. The van der Waals surface area contributed by atoms with Gasteiger partial charge in [-0.05, 0) is 49.5 Å². The van der Waals surface area contributed by atoms with E-state index < -0.39 is 12.5 Å². The van der Waals surface area contributed by atoms with E-state index in [1.165, 1.54) is 39.8 Å². The summed E-state index contributed by atoms with van der Waals surface area (Å²) in [6.45, 7) is -1.50. The van der Waals surface area contributed by atoms with Crippen LogP contribution in [0.2, 0.25) is 0 Å². The highest BCUT2D eigenvalue weighted by atomic mass is 19.3. The van der Waals surface area contributed by atoms with Crippen LogP contribution in [0.4, 0.5) is 14.5 Å². The minimum absolute atomic E-state index is 0.134. The van der Waals surface area contributed by atoms with Crippen molar-refractivity contribution in [1.82, 2.24) is 34.2 Å². The van der Waals surface area contributed by atoms with Crippen LogP contribution in [0.3, 0.4) is 0 Å². The summed E-state index contributed by atoms with van der Waals surface area (Å²) < 4.78 is 40.6. The van der Waals surface area contributed by atoms with E-state index in [9.17, 15) is 18.4 Å². The number of alkyl halides is 2. The van der Waals surface area contributed by atoms with E-state index in [-0.39, 0.29) is 46.0 Å². The average molecular weight is 603 g/mol. The molecule has 14 heteroatoms. The van der Waals surface area contributed by atoms with Crippen molar-refractivity contribution in [2.24, 2.45) is 7.05 Å². The molecular weight excluding hydrogens is 574 g/mol. The van der Waals surface area contributed by atoms with E-state index in [4.69, 9.17) is 9.47 Å². The van der Waals surface area contributed by atoms with Gasteiger partial charge in [0.05, 0.1) is 23.5 Å². The summed E-state index contributed by atoms with van der Waals surface area (Å²) in [6.07, 6.45) is 6.12. The van der Waals surface area contributed by atoms with Crippen LogP contribution in [-0.4, -0.2) is 85.8 Å². The molecule has 1 aliphatic rings. The first-order valence-corrected chi connectivity index (χ1v) is 13.6. The number of fused-ring (bicyclic) bond motifs is 1. The van der Waals surface area contributed by atoms with Gasteiger partial charge in [-0.25, -0.2) is 9.50 Å². The summed E-state index contributed by atoms with van der Waals surface area (Å²) in [4.78, 5) is 34.3. The Morgan fingerprint density at radius 3 is 2.66 bits per heavy atom. The predicted molar refractivity (Wildman–Crippen MR) is 156 cm³/mol. The molecule has 1 fully saturated rings. The van der Waals surface area contributed by atoms with Gasteiger partial charge in [-0.15, -0.1) is 0 Å². The van der Waals surface area contributed by atoms with Crippen LogP contribution in [0.5, 0.6) is 17.2 Å². The zero-order chi connectivity index (χ0) is 31.0. The molecule has 0 radical (unpaired) electrons. The standard InChI is InChI=1S/C30H28F2N8O4/c1-37-15-19(16-37)39(3)29(42)18-6-4-7-20(12-18)43-21-8-9-25(44-30(31)32)22(13-21)26-24(17-38(2)36-26)35-28(41)23-14-34-40-11-5-10-33-27(23)40/h4-14,17,19,30H,15-16H2,1-3H3,(H,35,41). The monoisotopic (exact) mass is 602 g/mol. The molecule has 0 atom stereocenters. The number of rotatable bonds is 9. The van der Waals surface area contributed by atoms with Gasteiger partial charge < -0.3 is 24.6 Å². The maximum absolute atomic E-state index is 13.4. The lowest BCUT2D eigenvalue weighted by Gasteiger charge is -2.41. The second kappa shape index (κ2) is 11.7. The fourth-order valence-corrected chi connectivity index (χ4v) is 5.02. The van der Waals surface area contributed by atoms with Crippen LogP contribution in [-0.2, 0) is 7.05 Å². The third-order valence-corrected chi connectivity index (χ3v) is 7.25. The molecular formula is C30H28F2N8O4. The summed E-state index contributed by atoms with van der Waals surface area (Å²) >= 11 is 0. The van der Waals surface area contributed by atoms with Crippen LogP contribution >= 0.6 is 0 Å². The van der Waals surface area contributed by atoms with Crippen molar-refractivity contribution in [3.05, 3.63) is 84.4 Å². The Morgan fingerprint density at radius 2 is 1.89 bits per heavy atom. The number of hydrogen-bond acceptors (Lipinski definition) is 8. The van der Waals surface area contributed by atoms with Crippen molar-refractivity contribution >= 4 is 23.1 Å². The predicted octanol–water partition coefficient (Wildman–Crippen LogP) is 4.16. The molecule has 2 aromatic carbocycles. The number of aryl methyl sites for hydroxylation is 1. The molecule has 4 heterocycles. The summed E-state index contributed by atoms with van der Waals surface area (Å²) in [5, 5.41) is 11.3. The zero-order valence-electron chi connectivity index (χ0n) is 24.0. The second-order valence-corrected chi connectivity index (χ2v) is 10.4. The first-order valence-electron chi connectivity index (χ1n) is 13.6. The van der Waals surface area contributed by atoms with Gasteiger partial charge in [0, 0.05) is 51.3 Å². The second-order valence-electron chi connectivity index (χ2n) is 10.4. The Bertz CT molecular complexity index is 1850. The van der Waals surface area contributed by atoms with Gasteiger partial charge in [0.25, 0.3) is 11.8 Å². The normalized spacial score (nSPS) is 13.6. The highest BCUT2D eigenvalue weighted by molar-refractivity contribution is 6.09. The number of ether oxygens (including phenoxy) is 2. The van der Waals surface area contributed by atoms with Crippen molar-refractivity contribution in [1.29, 1.82) is 0 Å². The molecule has 2 amide bonds. The first kappa shape index (κ1) is 28.7. The van der Waals surface area contributed by atoms with Gasteiger partial charge in [0.1, 0.15) is 28.5 Å². The number of benzene rings is 2. The van der Waals surface area contributed by atoms with E-state index in [0.717, 1.165) is 13.1 Å². The number of carbonyl (C=O) groups excluding carboxylic acids is 2. The molecule has 5 aromatic rings. The fraction of sp³-hybridized carbons (Fsp3) is 0.233. The molecule has 0 unspecified atom stereocenters. The number of halogens is 2. The summed E-state index contributed by atoms with van der Waals surface area (Å²) in [5.41, 5.74) is 1.57. The number of anilines is 1. The lowest BCUT2D eigenvalue weighted by atomic mass is 10.1. The van der Waals surface area contributed by atoms with Crippen LogP contribution in [0.25, 0.3) is 16.9 Å². The third kappa shape index (κ3) is 5.79. The Morgan fingerprint density at radius 1 is 1.09 bits per heavy atom. The van der Waals surface area contributed by atoms with Crippen LogP contribution in [0.15, 0.2) is 73.3 Å². The van der Waals surface area contributed by atoms with E-state index in [2.05, 4.69) is 25.4 Å². The molecule has 226 valence electrons. The smallest absolute Gasteiger partial charge is 0.387 e.